The van der Waals surface area contributed by atoms with E-state index in [2.05, 4.69) is 47.8 Å². The zero-order valence-electron chi connectivity index (χ0n) is 11.0. The molecule has 2 rings (SSSR count). The van der Waals surface area contributed by atoms with Crippen molar-refractivity contribution in [3.63, 3.8) is 0 Å². The monoisotopic (exact) mass is 242 g/mol. The third-order valence-corrected chi connectivity index (χ3v) is 3.27. The van der Waals surface area contributed by atoms with Gasteiger partial charge in [-0.05, 0) is 44.0 Å². The van der Waals surface area contributed by atoms with Crippen LogP contribution in [0.1, 0.15) is 29.4 Å². The van der Waals surface area contributed by atoms with Gasteiger partial charge in [0.25, 0.3) is 0 Å². The van der Waals surface area contributed by atoms with Crippen LogP contribution in [0.2, 0.25) is 0 Å². The van der Waals surface area contributed by atoms with Gasteiger partial charge >= 0.3 is 0 Å². The van der Waals surface area contributed by atoms with Crippen LogP contribution in [-0.2, 0) is 6.42 Å². The van der Waals surface area contributed by atoms with E-state index in [1.807, 2.05) is 13.0 Å². The van der Waals surface area contributed by atoms with E-state index < -0.39 is 0 Å². The van der Waals surface area contributed by atoms with E-state index in [0.717, 1.165) is 29.1 Å². The minimum Gasteiger partial charge on any atom is -0.411 e. The van der Waals surface area contributed by atoms with Gasteiger partial charge in [-0.1, -0.05) is 24.2 Å². The minimum atomic E-state index is 0.939. The molecule has 0 radical (unpaired) electrons. The van der Waals surface area contributed by atoms with Gasteiger partial charge in [0.15, 0.2) is 0 Å². The van der Waals surface area contributed by atoms with Crippen molar-refractivity contribution in [1.82, 2.24) is 4.57 Å². The smallest absolute Gasteiger partial charge is 0.0752 e. The quantitative estimate of drug-likeness (QED) is 0.499. The van der Waals surface area contributed by atoms with Gasteiger partial charge in [-0.3, -0.25) is 0 Å². The SMILES string of the molecule is CCc1ccc(-n2c(C)cc(/C=N\O)c2C)cc1. The second kappa shape index (κ2) is 5.08. The first kappa shape index (κ1) is 12.4. The third kappa shape index (κ3) is 2.16. The molecule has 0 aliphatic carbocycles. The van der Waals surface area contributed by atoms with Crippen molar-refractivity contribution in [2.75, 3.05) is 0 Å². The van der Waals surface area contributed by atoms with Crippen molar-refractivity contribution in [1.29, 1.82) is 0 Å². The fourth-order valence-electron chi connectivity index (χ4n) is 2.26. The largest absolute Gasteiger partial charge is 0.411 e. The zero-order chi connectivity index (χ0) is 13.1. The highest BCUT2D eigenvalue weighted by Crippen LogP contribution is 2.20. The van der Waals surface area contributed by atoms with E-state index in [1.165, 1.54) is 11.8 Å². The Kier molecular flexibility index (Phi) is 3.51. The maximum Gasteiger partial charge on any atom is 0.0752 e. The average Bonchev–Trinajstić information content (AvgIpc) is 2.65. The Bertz CT molecular complexity index is 565. The second-order valence-electron chi connectivity index (χ2n) is 4.43. The maximum absolute atomic E-state index is 8.64. The first-order valence-electron chi connectivity index (χ1n) is 6.13. The number of benzene rings is 1. The van der Waals surface area contributed by atoms with Gasteiger partial charge < -0.3 is 9.77 Å². The standard InChI is InChI=1S/C15H18N2O/c1-4-13-5-7-15(8-6-13)17-11(2)9-14(10-16-18)12(17)3/h5-10,18H,4H2,1-3H3/b16-10-. The lowest BCUT2D eigenvalue weighted by Gasteiger charge is -2.10. The Morgan fingerprint density at radius 1 is 1.22 bits per heavy atom. The van der Waals surface area contributed by atoms with E-state index in [9.17, 15) is 0 Å². The number of oxime groups is 1. The molecule has 0 fully saturated rings. The summed E-state index contributed by atoms with van der Waals surface area (Å²) >= 11 is 0. The van der Waals surface area contributed by atoms with E-state index in [0.29, 0.717) is 0 Å². The van der Waals surface area contributed by atoms with Crippen LogP contribution in [0.15, 0.2) is 35.5 Å². The Hall–Kier alpha value is -2.03. The minimum absolute atomic E-state index is 0.939. The van der Waals surface area contributed by atoms with Gasteiger partial charge in [0.1, 0.15) is 0 Å². The Labute approximate surface area is 107 Å². The molecule has 1 N–H and O–H groups in total. The molecule has 2 aromatic rings. The summed E-state index contributed by atoms with van der Waals surface area (Å²) in [7, 11) is 0. The van der Waals surface area contributed by atoms with Crippen LogP contribution in [-0.4, -0.2) is 16.0 Å². The highest BCUT2D eigenvalue weighted by atomic mass is 16.4. The molecule has 0 amide bonds. The van der Waals surface area contributed by atoms with Crippen molar-refractivity contribution in [2.24, 2.45) is 5.16 Å². The normalized spacial score (nSPS) is 11.3. The van der Waals surface area contributed by atoms with Gasteiger partial charge in [-0.15, -0.1) is 0 Å². The summed E-state index contributed by atoms with van der Waals surface area (Å²) in [5.41, 5.74) is 5.62. The molecule has 0 unspecified atom stereocenters. The number of nitrogens with zero attached hydrogens (tertiary/aromatic N) is 2. The molecule has 1 aromatic heterocycles. The van der Waals surface area contributed by atoms with Gasteiger partial charge in [-0.25, -0.2) is 0 Å². The zero-order valence-corrected chi connectivity index (χ0v) is 11.0. The molecule has 94 valence electrons. The first-order valence-corrected chi connectivity index (χ1v) is 6.13. The molecule has 1 heterocycles. The van der Waals surface area contributed by atoms with Crippen molar-refractivity contribution >= 4 is 6.21 Å². The summed E-state index contributed by atoms with van der Waals surface area (Å²) in [6, 6.07) is 10.6. The highest BCUT2D eigenvalue weighted by molar-refractivity contribution is 5.81. The average molecular weight is 242 g/mol. The Morgan fingerprint density at radius 3 is 2.44 bits per heavy atom. The summed E-state index contributed by atoms with van der Waals surface area (Å²) in [4.78, 5) is 0. The van der Waals surface area contributed by atoms with Crippen LogP contribution in [0.3, 0.4) is 0 Å². The molecule has 0 saturated carbocycles. The van der Waals surface area contributed by atoms with Crippen molar-refractivity contribution in [2.45, 2.75) is 27.2 Å². The predicted octanol–water partition coefficient (Wildman–Crippen LogP) is 3.46. The van der Waals surface area contributed by atoms with Crippen LogP contribution in [0.4, 0.5) is 0 Å². The van der Waals surface area contributed by atoms with Crippen LogP contribution in [0.25, 0.3) is 5.69 Å². The van der Waals surface area contributed by atoms with Gasteiger partial charge in [0.2, 0.25) is 0 Å². The number of aryl methyl sites for hydroxylation is 2. The number of hydrogen-bond acceptors (Lipinski definition) is 2. The van der Waals surface area contributed by atoms with Gasteiger partial charge in [0, 0.05) is 22.6 Å². The maximum atomic E-state index is 8.64. The molecular formula is C15H18N2O. The lowest BCUT2D eigenvalue weighted by molar-refractivity contribution is 0.322. The van der Waals surface area contributed by atoms with E-state index >= 15 is 0 Å². The fraction of sp³-hybridized carbons (Fsp3) is 0.267. The molecule has 18 heavy (non-hydrogen) atoms. The highest BCUT2D eigenvalue weighted by Gasteiger charge is 2.09. The summed E-state index contributed by atoms with van der Waals surface area (Å²) in [5.74, 6) is 0. The van der Waals surface area contributed by atoms with E-state index in [4.69, 9.17) is 5.21 Å². The lowest BCUT2D eigenvalue weighted by atomic mass is 10.1. The predicted molar refractivity (Wildman–Crippen MR) is 74.0 cm³/mol. The number of aromatic nitrogens is 1. The summed E-state index contributed by atoms with van der Waals surface area (Å²) in [5, 5.41) is 11.7. The molecule has 1 aromatic carbocycles. The van der Waals surface area contributed by atoms with Crippen molar-refractivity contribution in [3.05, 3.63) is 52.8 Å². The van der Waals surface area contributed by atoms with E-state index in [-0.39, 0.29) is 0 Å². The molecule has 3 nitrogen and oxygen atoms in total. The molecule has 3 heteroatoms. The number of rotatable bonds is 3. The van der Waals surface area contributed by atoms with Crippen LogP contribution in [0, 0.1) is 13.8 Å². The van der Waals surface area contributed by atoms with Crippen LogP contribution < -0.4 is 0 Å². The Balaban J connectivity index is 2.49. The van der Waals surface area contributed by atoms with Crippen molar-refractivity contribution < 1.29 is 5.21 Å². The van der Waals surface area contributed by atoms with Crippen LogP contribution >= 0.6 is 0 Å². The molecule has 0 bridgehead atoms. The van der Waals surface area contributed by atoms with Crippen molar-refractivity contribution in [3.8, 4) is 5.69 Å². The molecule has 0 aliphatic rings. The molecular weight excluding hydrogens is 224 g/mol. The first-order chi connectivity index (χ1) is 8.67. The summed E-state index contributed by atoms with van der Waals surface area (Å²) in [6.07, 6.45) is 2.52. The fourth-order valence-corrected chi connectivity index (χ4v) is 2.26. The topological polar surface area (TPSA) is 37.5 Å². The Morgan fingerprint density at radius 2 is 1.89 bits per heavy atom. The third-order valence-electron chi connectivity index (χ3n) is 3.27. The van der Waals surface area contributed by atoms with Crippen LogP contribution in [0.5, 0.6) is 0 Å². The molecule has 0 spiro atoms. The van der Waals surface area contributed by atoms with Gasteiger partial charge in [0.05, 0.1) is 6.21 Å². The number of hydrogen-bond donors (Lipinski definition) is 1. The summed E-state index contributed by atoms with van der Waals surface area (Å²) < 4.78 is 2.16. The van der Waals surface area contributed by atoms with Gasteiger partial charge in [-0.2, -0.15) is 0 Å². The van der Waals surface area contributed by atoms with E-state index in [1.54, 1.807) is 0 Å². The summed E-state index contributed by atoms with van der Waals surface area (Å²) in [6.45, 7) is 6.23. The molecule has 0 atom stereocenters. The second-order valence-corrected chi connectivity index (χ2v) is 4.43. The lowest BCUT2D eigenvalue weighted by Crippen LogP contribution is -1.99. The molecule has 0 saturated heterocycles. The molecule has 0 aliphatic heterocycles.